The second kappa shape index (κ2) is 3.45. The van der Waals surface area contributed by atoms with Crippen LogP contribution in [0.5, 0.6) is 0 Å². The Morgan fingerprint density at radius 2 is 2.10 bits per heavy atom. The van der Waals surface area contributed by atoms with Crippen molar-refractivity contribution in [2.75, 3.05) is 0 Å². The van der Waals surface area contributed by atoms with Gasteiger partial charge in [0.15, 0.2) is 0 Å². The second-order valence-electron chi connectivity index (χ2n) is 7.07. The zero-order valence-electron chi connectivity index (χ0n) is 11.3. The van der Waals surface area contributed by atoms with E-state index in [2.05, 4.69) is 22.9 Å². The molecule has 5 heteroatoms. The molecular formula is C15H19N3O2. The van der Waals surface area contributed by atoms with Crippen LogP contribution in [0, 0.1) is 23.7 Å². The highest BCUT2D eigenvalue weighted by atomic mass is 16.2. The molecule has 0 unspecified atom stereocenters. The van der Waals surface area contributed by atoms with Gasteiger partial charge < -0.3 is 0 Å². The van der Waals surface area contributed by atoms with E-state index in [0.29, 0.717) is 18.3 Å². The van der Waals surface area contributed by atoms with Gasteiger partial charge in [0, 0.05) is 18.4 Å². The summed E-state index contributed by atoms with van der Waals surface area (Å²) >= 11 is 0. The van der Waals surface area contributed by atoms with E-state index in [1.165, 1.54) is 0 Å². The summed E-state index contributed by atoms with van der Waals surface area (Å²) < 4.78 is 0. The standard InChI is InChI=1S/C15H19N3O2/c19-11-7-10-2-1-5-15(10)16-13-9-4-3-8(6-9)12(13)14(20)18(15)17-11/h3-4,8-10,12-13,16H,1-2,5-7H2,(H,17,19)/t8-,9+,10+,12+,13-,15+/m1/s1. The molecule has 2 aliphatic heterocycles. The Balaban J connectivity index is 1.60. The Labute approximate surface area is 117 Å². The molecule has 3 aliphatic carbocycles. The summed E-state index contributed by atoms with van der Waals surface area (Å²) in [5.41, 5.74) is 2.56. The van der Waals surface area contributed by atoms with Crippen molar-refractivity contribution < 1.29 is 9.59 Å². The van der Waals surface area contributed by atoms with Crippen LogP contribution in [-0.4, -0.2) is 28.5 Å². The van der Waals surface area contributed by atoms with Crippen molar-refractivity contribution in [1.82, 2.24) is 15.8 Å². The number of carbonyl (C=O) groups is 2. The minimum absolute atomic E-state index is 0.000163. The molecule has 106 valence electrons. The highest BCUT2D eigenvalue weighted by molar-refractivity contribution is 5.88. The van der Waals surface area contributed by atoms with Crippen LogP contribution < -0.4 is 10.7 Å². The minimum atomic E-state index is -0.301. The lowest BCUT2D eigenvalue weighted by atomic mass is 9.79. The monoisotopic (exact) mass is 273 g/mol. The van der Waals surface area contributed by atoms with Crippen molar-refractivity contribution in [3.05, 3.63) is 12.2 Å². The summed E-state index contributed by atoms with van der Waals surface area (Å²) in [7, 11) is 0. The molecule has 5 rings (SSSR count). The maximum atomic E-state index is 13.0. The predicted molar refractivity (Wildman–Crippen MR) is 70.8 cm³/mol. The molecule has 0 aromatic heterocycles. The SMILES string of the molecule is O=C1C[C@@H]2CCC[C@@]23N[C@H]2[C@@H](C(=O)N3N1)[C@@H]1C=C[C@H]2C1. The number of hydrogen-bond donors (Lipinski definition) is 2. The van der Waals surface area contributed by atoms with E-state index in [1.807, 2.05) is 0 Å². The zero-order valence-corrected chi connectivity index (χ0v) is 11.3. The molecule has 5 aliphatic rings. The fraction of sp³-hybridized carbons (Fsp3) is 0.733. The number of rotatable bonds is 0. The number of nitrogens with zero attached hydrogens (tertiary/aromatic N) is 1. The van der Waals surface area contributed by atoms with Crippen LogP contribution >= 0.6 is 0 Å². The molecule has 1 spiro atoms. The number of nitrogens with one attached hydrogen (secondary N) is 2. The second-order valence-corrected chi connectivity index (χ2v) is 7.07. The minimum Gasteiger partial charge on any atom is -0.289 e. The third kappa shape index (κ3) is 1.14. The first-order valence-electron chi connectivity index (χ1n) is 7.79. The number of allylic oxidation sites excluding steroid dienone is 1. The van der Waals surface area contributed by atoms with Crippen LogP contribution in [0.2, 0.25) is 0 Å². The van der Waals surface area contributed by atoms with Crippen molar-refractivity contribution in [2.24, 2.45) is 23.7 Å². The first-order valence-corrected chi connectivity index (χ1v) is 7.79. The summed E-state index contributed by atoms with van der Waals surface area (Å²) in [6, 6.07) is 0.282. The molecule has 2 saturated heterocycles. The quantitative estimate of drug-likeness (QED) is 0.633. The molecule has 0 aromatic rings. The maximum absolute atomic E-state index is 13.0. The van der Waals surface area contributed by atoms with E-state index in [-0.39, 0.29) is 35.4 Å². The van der Waals surface area contributed by atoms with Gasteiger partial charge in [0.25, 0.3) is 0 Å². The number of hydrazine groups is 1. The van der Waals surface area contributed by atoms with Gasteiger partial charge in [-0.15, -0.1) is 0 Å². The van der Waals surface area contributed by atoms with Gasteiger partial charge in [-0.1, -0.05) is 12.2 Å². The van der Waals surface area contributed by atoms with Crippen LogP contribution in [0.3, 0.4) is 0 Å². The fourth-order valence-corrected chi connectivity index (χ4v) is 5.42. The molecular weight excluding hydrogens is 254 g/mol. The molecule has 0 aromatic carbocycles. The third-order valence-electron chi connectivity index (χ3n) is 6.23. The molecule has 2 bridgehead atoms. The van der Waals surface area contributed by atoms with E-state index in [1.54, 1.807) is 5.01 Å². The van der Waals surface area contributed by atoms with E-state index in [0.717, 1.165) is 25.7 Å². The summed E-state index contributed by atoms with van der Waals surface area (Å²) in [5, 5.41) is 5.50. The third-order valence-corrected chi connectivity index (χ3v) is 6.23. The number of amides is 2. The van der Waals surface area contributed by atoms with Gasteiger partial charge in [-0.05, 0) is 37.5 Å². The van der Waals surface area contributed by atoms with Crippen molar-refractivity contribution >= 4 is 11.8 Å². The summed E-state index contributed by atoms with van der Waals surface area (Å²) in [6.45, 7) is 0. The Kier molecular flexibility index (Phi) is 1.95. The van der Waals surface area contributed by atoms with Crippen molar-refractivity contribution in [2.45, 2.75) is 43.8 Å². The van der Waals surface area contributed by atoms with Crippen LogP contribution in [0.4, 0.5) is 0 Å². The first-order chi connectivity index (χ1) is 9.69. The molecule has 5 nitrogen and oxygen atoms in total. The van der Waals surface area contributed by atoms with Crippen LogP contribution in [0.25, 0.3) is 0 Å². The Hall–Kier alpha value is -1.36. The Morgan fingerprint density at radius 1 is 1.25 bits per heavy atom. The average Bonchev–Trinajstić information content (AvgIpc) is 3.10. The maximum Gasteiger partial charge on any atom is 0.248 e. The molecule has 6 atom stereocenters. The average molecular weight is 273 g/mol. The van der Waals surface area contributed by atoms with Gasteiger partial charge in [0.1, 0.15) is 5.66 Å². The number of hydrogen-bond acceptors (Lipinski definition) is 3. The highest BCUT2D eigenvalue weighted by Gasteiger charge is 2.63. The molecule has 2 N–H and O–H groups in total. The van der Waals surface area contributed by atoms with Gasteiger partial charge in [0.05, 0.1) is 5.92 Å². The zero-order chi connectivity index (χ0) is 13.5. The summed E-state index contributed by atoms with van der Waals surface area (Å²) in [5.74, 6) is 1.32. The molecule has 4 fully saturated rings. The van der Waals surface area contributed by atoms with Crippen molar-refractivity contribution in [3.63, 3.8) is 0 Å². The number of carbonyl (C=O) groups excluding carboxylic acids is 2. The van der Waals surface area contributed by atoms with Gasteiger partial charge in [-0.25, -0.2) is 5.01 Å². The Morgan fingerprint density at radius 3 is 3.00 bits per heavy atom. The van der Waals surface area contributed by atoms with E-state index >= 15 is 0 Å². The van der Waals surface area contributed by atoms with Crippen molar-refractivity contribution in [1.29, 1.82) is 0 Å². The van der Waals surface area contributed by atoms with Gasteiger partial charge in [0.2, 0.25) is 11.8 Å². The first kappa shape index (κ1) is 11.3. The van der Waals surface area contributed by atoms with Crippen LogP contribution in [0.1, 0.15) is 32.1 Å². The molecule has 0 radical (unpaired) electrons. The largest absolute Gasteiger partial charge is 0.289 e. The molecule has 2 heterocycles. The highest BCUT2D eigenvalue weighted by Crippen LogP contribution is 2.52. The number of fused-ring (bicyclic) bond motifs is 5. The summed E-state index contributed by atoms with van der Waals surface area (Å²) in [4.78, 5) is 24.9. The molecule has 2 amide bonds. The van der Waals surface area contributed by atoms with Crippen molar-refractivity contribution in [3.8, 4) is 0 Å². The van der Waals surface area contributed by atoms with E-state index < -0.39 is 0 Å². The predicted octanol–water partition coefficient (Wildman–Crippen LogP) is 0.540. The smallest absolute Gasteiger partial charge is 0.248 e. The van der Waals surface area contributed by atoms with Crippen LogP contribution in [-0.2, 0) is 9.59 Å². The lowest BCUT2D eigenvalue weighted by Gasteiger charge is -2.56. The lowest BCUT2D eigenvalue weighted by Crippen LogP contribution is -2.78. The van der Waals surface area contributed by atoms with Gasteiger partial charge >= 0.3 is 0 Å². The lowest BCUT2D eigenvalue weighted by molar-refractivity contribution is -0.177. The van der Waals surface area contributed by atoms with E-state index in [9.17, 15) is 9.59 Å². The van der Waals surface area contributed by atoms with Gasteiger partial charge in [-0.2, -0.15) is 0 Å². The topological polar surface area (TPSA) is 61.4 Å². The van der Waals surface area contributed by atoms with Crippen LogP contribution in [0.15, 0.2) is 12.2 Å². The Bertz CT molecular complexity index is 545. The molecule has 2 saturated carbocycles. The fourth-order valence-electron chi connectivity index (χ4n) is 5.42. The van der Waals surface area contributed by atoms with E-state index in [4.69, 9.17) is 0 Å². The summed E-state index contributed by atoms with van der Waals surface area (Å²) in [6.07, 6.45) is 9.23. The molecule has 20 heavy (non-hydrogen) atoms. The normalized spacial score (nSPS) is 51.8. The van der Waals surface area contributed by atoms with Gasteiger partial charge in [-0.3, -0.25) is 20.3 Å².